The first kappa shape index (κ1) is 22.0. The zero-order valence-electron chi connectivity index (χ0n) is 20.1. The van der Waals surface area contributed by atoms with Crippen molar-refractivity contribution in [2.24, 2.45) is 5.92 Å². The molecule has 0 saturated carbocycles. The summed E-state index contributed by atoms with van der Waals surface area (Å²) in [5.74, 6) is 1.56. The molecule has 4 aromatic rings. The SMILES string of the molecule is O=C(c1c2c(nc3ccccc13)CCCC2)N1CCCC(Cc2nncn2Cc2ccccc2)C1. The average Bonchev–Trinajstić information content (AvgIpc) is 3.33. The molecule has 1 atom stereocenters. The third-order valence-electron chi connectivity index (χ3n) is 7.55. The minimum absolute atomic E-state index is 0.178. The summed E-state index contributed by atoms with van der Waals surface area (Å²) in [7, 11) is 0. The Balaban J connectivity index is 1.24. The number of benzene rings is 2. The maximum absolute atomic E-state index is 14.0. The van der Waals surface area contributed by atoms with Crippen LogP contribution in [-0.2, 0) is 25.8 Å². The van der Waals surface area contributed by atoms with Gasteiger partial charge in [-0.3, -0.25) is 9.78 Å². The van der Waals surface area contributed by atoms with Crippen LogP contribution in [0.2, 0.25) is 0 Å². The maximum Gasteiger partial charge on any atom is 0.254 e. The van der Waals surface area contributed by atoms with Gasteiger partial charge in [-0.1, -0.05) is 48.5 Å². The van der Waals surface area contributed by atoms with Gasteiger partial charge in [-0.05, 0) is 61.6 Å². The minimum atomic E-state index is 0.178. The Kier molecular flexibility index (Phi) is 6.03. The predicted octanol–water partition coefficient (Wildman–Crippen LogP) is 4.85. The molecule has 178 valence electrons. The third kappa shape index (κ3) is 4.45. The molecule has 0 N–H and O–H groups in total. The smallest absolute Gasteiger partial charge is 0.254 e. The highest BCUT2D eigenvalue weighted by Crippen LogP contribution is 2.31. The van der Waals surface area contributed by atoms with E-state index in [1.807, 2.05) is 30.6 Å². The summed E-state index contributed by atoms with van der Waals surface area (Å²) in [5, 5.41) is 9.63. The lowest BCUT2D eigenvalue weighted by molar-refractivity contribution is 0.0672. The van der Waals surface area contributed by atoms with Gasteiger partial charge >= 0.3 is 0 Å². The number of aromatic nitrogens is 4. The minimum Gasteiger partial charge on any atom is -0.338 e. The van der Waals surface area contributed by atoms with Crippen LogP contribution in [0.3, 0.4) is 0 Å². The van der Waals surface area contributed by atoms with Gasteiger partial charge in [0.25, 0.3) is 5.91 Å². The van der Waals surface area contributed by atoms with E-state index in [1.54, 1.807) is 0 Å². The number of carbonyl (C=O) groups is 1. The van der Waals surface area contributed by atoms with E-state index in [0.717, 1.165) is 92.6 Å². The second-order valence-corrected chi connectivity index (χ2v) is 9.96. The van der Waals surface area contributed by atoms with Gasteiger partial charge in [-0.15, -0.1) is 10.2 Å². The summed E-state index contributed by atoms with van der Waals surface area (Å²) in [6.07, 6.45) is 9.00. The molecule has 1 aliphatic carbocycles. The second-order valence-electron chi connectivity index (χ2n) is 9.96. The van der Waals surface area contributed by atoms with Crippen molar-refractivity contribution < 1.29 is 4.79 Å². The molecule has 1 fully saturated rings. The highest BCUT2D eigenvalue weighted by molar-refractivity contribution is 6.07. The number of fused-ring (bicyclic) bond motifs is 2. The molecule has 1 unspecified atom stereocenters. The highest BCUT2D eigenvalue weighted by atomic mass is 16.2. The van der Waals surface area contributed by atoms with E-state index in [-0.39, 0.29) is 5.91 Å². The molecule has 2 aromatic carbocycles. The number of pyridine rings is 1. The van der Waals surface area contributed by atoms with E-state index in [2.05, 4.69) is 50.0 Å². The summed E-state index contributed by atoms with van der Waals surface area (Å²) < 4.78 is 2.14. The number of piperidine rings is 1. The van der Waals surface area contributed by atoms with Gasteiger partial charge in [0.05, 0.1) is 17.6 Å². The van der Waals surface area contributed by atoms with Crippen molar-refractivity contribution in [1.29, 1.82) is 0 Å². The number of hydrogen-bond donors (Lipinski definition) is 0. The van der Waals surface area contributed by atoms with Crippen LogP contribution in [0.1, 0.15) is 58.7 Å². The number of rotatable bonds is 5. The van der Waals surface area contributed by atoms with E-state index in [9.17, 15) is 4.79 Å². The lowest BCUT2D eigenvalue weighted by Crippen LogP contribution is -2.41. The molecule has 3 heterocycles. The molecule has 1 saturated heterocycles. The van der Waals surface area contributed by atoms with Crippen molar-refractivity contribution in [2.45, 2.75) is 51.5 Å². The van der Waals surface area contributed by atoms with Gasteiger partial charge in [0.2, 0.25) is 0 Å². The second kappa shape index (κ2) is 9.61. The molecule has 6 rings (SSSR count). The van der Waals surface area contributed by atoms with Crippen molar-refractivity contribution in [3.05, 3.63) is 89.1 Å². The molecule has 0 bridgehead atoms. The Morgan fingerprint density at radius 1 is 0.971 bits per heavy atom. The zero-order valence-corrected chi connectivity index (χ0v) is 20.1. The van der Waals surface area contributed by atoms with Gasteiger partial charge in [0.1, 0.15) is 12.2 Å². The highest BCUT2D eigenvalue weighted by Gasteiger charge is 2.30. The van der Waals surface area contributed by atoms with Crippen molar-refractivity contribution in [3.8, 4) is 0 Å². The Morgan fingerprint density at radius 3 is 2.71 bits per heavy atom. The summed E-state index contributed by atoms with van der Waals surface area (Å²) in [4.78, 5) is 21.0. The molecule has 35 heavy (non-hydrogen) atoms. The molecule has 6 nitrogen and oxygen atoms in total. The fraction of sp³-hybridized carbons (Fsp3) is 0.379. The van der Waals surface area contributed by atoms with Crippen LogP contribution in [-0.4, -0.2) is 43.6 Å². The van der Waals surface area contributed by atoms with Gasteiger partial charge in [-0.2, -0.15) is 0 Å². The topological polar surface area (TPSA) is 63.9 Å². The molecule has 0 spiro atoms. The molecule has 1 aliphatic heterocycles. The Hall–Kier alpha value is -3.54. The van der Waals surface area contributed by atoms with E-state index in [1.165, 1.54) is 11.1 Å². The van der Waals surface area contributed by atoms with Crippen molar-refractivity contribution in [3.63, 3.8) is 0 Å². The van der Waals surface area contributed by atoms with Crippen LogP contribution in [0.4, 0.5) is 0 Å². The Bertz CT molecular complexity index is 1350. The van der Waals surface area contributed by atoms with E-state index >= 15 is 0 Å². The number of carbonyl (C=O) groups excluding carboxylic acids is 1. The van der Waals surface area contributed by atoms with E-state index in [4.69, 9.17) is 4.98 Å². The third-order valence-corrected chi connectivity index (χ3v) is 7.55. The average molecular weight is 466 g/mol. The van der Waals surface area contributed by atoms with Gasteiger partial charge < -0.3 is 9.47 Å². The lowest BCUT2D eigenvalue weighted by atomic mass is 9.88. The number of aryl methyl sites for hydroxylation is 1. The van der Waals surface area contributed by atoms with E-state index in [0.29, 0.717) is 5.92 Å². The molecule has 0 radical (unpaired) electrons. The standard InChI is InChI=1S/C29H31N5O/c35-29(28-23-12-4-6-14-25(23)31-26-15-7-5-13-24(26)28)33-16-8-11-22(19-33)17-27-32-30-20-34(27)18-21-9-2-1-3-10-21/h1-4,6,9-10,12,14,20,22H,5,7-8,11,13,15-19H2. The van der Waals surface area contributed by atoms with E-state index < -0.39 is 0 Å². The molecule has 2 aliphatic rings. The fourth-order valence-electron chi connectivity index (χ4n) is 5.80. The molecule has 2 aromatic heterocycles. The lowest BCUT2D eigenvalue weighted by Gasteiger charge is -2.34. The van der Waals surface area contributed by atoms with Crippen LogP contribution in [0, 0.1) is 5.92 Å². The summed E-state index contributed by atoms with van der Waals surface area (Å²) >= 11 is 0. The van der Waals surface area contributed by atoms with Gasteiger partial charge in [-0.25, -0.2) is 0 Å². The largest absolute Gasteiger partial charge is 0.338 e. The van der Waals surface area contributed by atoms with Crippen molar-refractivity contribution in [1.82, 2.24) is 24.6 Å². The number of nitrogens with zero attached hydrogens (tertiary/aromatic N) is 5. The summed E-state index contributed by atoms with van der Waals surface area (Å²) in [6.45, 7) is 2.35. The van der Waals surface area contributed by atoms with Crippen LogP contribution in [0.25, 0.3) is 10.9 Å². The fourth-order valence-corrected chi connectivity index (χ4v) is 5.80. The molecule has 6 heteroatoms. The van der Waals surface area contributed by atoms with Gasteiger partial charge in [0.15, 0.2) is 0 Å². The van der Waals surface area contributed by atoms with Crippen LogP contribution in [0.15, 0.2) is 60.9 Å². The van der Waals surface area contributed by atoms with Crippen LogP contribution >= 0.6 is 0 Å². The first-order chi connectivity index (χ1) is 17.3. The van der Waals surface area contributed by atoms with Crippen LogP contribution in [0.5, 0.6) is 0 Å². The number of para-hydroxylation sites is 1. The normalized spacial score (nSPS) is 17.9. The summed E-state index contributed by atoms with van der Waals surface area (Å²) in [5.41, 5.74) is 5.39. The first-order valence-electron chi connectivity index (χ1n) is 12.9. The Labute approximate surface area is 206 Å². The molecular weight excluding hydrogens is 434 g/mol. The number of amides is 1. The maximum atomic E-state index is 14.0. The van der Waals surface area contributed by atoms with Gasteiger partial charge in [0, 0.05) is 30.6 Å². The zero-order chi connectivity index (χ0) is 23.6. The van der Waals surface area contributed by atoms with Crippen LogP contribution < -0.4 is 0 Å². The van der Waals surface area contributed by atoms with Crippen molar-refractivity contribution >= 4 is 16.8 Å². The number of hydrogen-bond acceptors (Lipinski definition) is 4. The predicted molar refractivity (Wildman–Crippen MR) is 136 cm³/mol. The molecular formula is C29H31N5O. The Morgan fingerprint density at radius 2 is 1.80 bits per heavy atom. The first-order valence-corrected chi connectivity index (χ1v) is 12.9. The monoisotopic (exact) mass is 465 g/mol. The number of likely N-dealkylation sites (tertiary alicyclic amines) is 1. The molecule has 1 amide bonds. The van der Waals surface area contributed by atoms with Crippen molar-refractivity contribution in [2.75, 3.05) is 13.1 Å². The summed E-state index contributed by atoms with van der Waals surface area (Å²) in [6, 6.07) is 18.6. The quantitative estimate of drug-likeness (QED) is 0.423.